The summed E-state index contributed by atoms with van der Waals surface area (Å²) in [6.45, 7) is 8.46. The number of rotatable bonds is 2. The molecule has 0 unspecified atom stereocenters. The minimum atomic E-state index is -0.544. The van der Waals surface area contributed by atoms with Crippen molar-refractivity contribution < 1.29 is 14.3 Å². The Balaban J connectivity index is 1.62. The van der Waals surface area contributed by atoms with Crippen LogP contribution in [0.3, 0.4) is 0 Å². The highest BCUT2D eigenvalue weighted by Gasteiger charge is 2.39. The van der Waals surface area contributed by atoms with Gasteiger partial charge in [-0.25, -0.2) is 4.79 Å². The molecule has 3 heterocycles. The molecule has 0 aliphatic carbocycles. The Labute approximate surface area is 159 Å². The molecule has 0 radical (unpaired) electrons. The van der Waals surface area contributed by atoms with Crippen LogP contribution in [0.15, 0.2) is 30.6 Å². The van der Waals surface area contributed by atoms with Crippen molar-refractivity contribution in [2.24, 2.45) is 5.41 Å². The lowest BCUT2D eigenvalue weighted by atomic mass is 9.79. The van der Waals surface area contributed by atoms with E-state index in [1.165, 1.54) is 0 Å². The van der Waals surface area contributed by atoms with Crippen LogP contribution in [0.5, 0.6) is 0 Å². The normalized spacial score (nSPS) is 16.8. The van der Waals surface area contributed by atoms with E-state index in [0.717, 1.165) is 11.0 Å². The maximum Gasteiger partial charge on any atom is 0.410 e. The van der Waals surface area contributed by atoms with Gasteiger partial charge in [-0.3, -0.25) is 14.8 Å². The number of hydrogen-bond acceptors (Lipinski definition) is 5. The SMILES string of the molecule is CC(C)(C)OC(=O)N1CCC(C)(C(=O)Nc2cnc3cccnc3c2)CC1. The van der Waals surface area contributed by atoms with E-state index in [-0.39, 0.29) is 12.0 Å². The van der Waals surface area contributed by atoms with Crippen molar-refractivity contribution in [3.63, 3.8) is 0 Å². The third-order valence-electron chi connectivity index (χ3n) is 4.78. The number of amides is 2. The Hall–Kier alpha value is -2.70. The van der Waals surface area contributed by atoms with E-state index in [0.29, 0.717) is 31.6 Å². The Morgan fingerprint density at radius 3 is 2.56 bits per heavy atom. The van der Waals surface area contributed by atoms with Crippen molar-refractivity contribution in [3.8, 4) is 0 Å². The first-order chi connectivity index (χ1) is 12.7. The van der Waals surface area contributed by atoms with Gasteiger partial charge < -0.3 is 15.0 Å². The van der Waals surface area contributed by atoms with Crippen molar-refractivity contribution in [1.29, 1.82) is 0 Å². The van der Waals surface area contributed by atoms with Gasteiger partial charge in [0, 0.05) is 19.3 Å². The van der Waals surface area contributed by atoms with Crippen molar-refractivity contribution in [3.05, 3.63) is 30.6 Å². The molecule has 0 bridgehead atoms. The Morgan fingerprint density at radius 1 is 1.19 bits per heavy atom. The van der Waals surface area contributed by atoms with Crippen LogP contribution in [0.2, 0.25) is 0 Å². The fourth-order valence-corrected chi connectivity index (χ4v) is 3.04. The lowest BCUT2D eigenvalue weighted by Crippen LogP contribution is -2.48. The molecule has 0 aromatic carbocycles. The first-order valence-corrected chi connectivity index (χ1v) is 9.16. The summed E-state index contributed by atoms with van der Waals surface area (Å²) in [5.74, 6) is -0.0663. The fraction of sp³-hybridized carbons (Fsp3) is 0.500. The van der Waals surface area contributed by atoms with E-state index < -0.39 is 11.0 Å². The van der Waals surface area contributed by atoms with Crippen LogP contribution in [0.4, 0.5) is 10.5 Å². The van der Waals surface area contributed by atoms with Gasteiger partial charge in [0.25, 0.3) is 0 Å². The quantitative estimate of drug-likeness (QED) is 0.873. The van der Waals surface area contributed by atoms with Gasteiger partial charge in [-0.2, -0.15) is 0 Å². The number of aromatic nitrogens is 2. The van der Waals surface area contributed by atoms with Crippen LogP contribution < -0.4 is 5.32 Å². The molecule has 7 heteroatoms. The Bertz CT molecular complexity index is 852. The predicted octanol–water partition coefficient (Wildman–Crippen LogP) is 3.61. The zero-order valence-corrected chi connectivity index (χ0v) is 16.3. The first kappa shape index (κ1) is 19.1. The van der Waals surface area contributed by atoms with E-state index in [9.17, 15) is 9.59 Å². The van der Waals surface area contributed by atoms with E-state index in [1.54, 1.807) is 17.3 Å². The van der Waals surface area contributed by atoms with Gasteiger partial charge in [0.1, 0.15) is 5.60 Å². The number of piperidine rings is 1. The zero-order chi connectivity index (χ0) is 19.7. The third kappa shape index (κ3) is 4.53. The van der Waals surface area contributed by atoms with Crippen LogP contribution in [0.25, 0.3) is 11.0 Å². The molecule has 3 rings (SSSR count). The summed E-state index contributed by atoms with van der Waals surface area (Å²) in [6, 6.07) is 5.52. The number of ether oxygens (including phenoxy) is 1. The number of likely N-dealkylation sites (tertiary alicyclic amines) is 1. The standard InChI is InChI=1S/C20H26N4O3/c1-19(2,3)27-18(26)24-10-7-20(4,8-11-24)17(25)23-14-12-16-15(22-13-14)6-5-9-21-16/h5-6,9,12-13H,7-8,10-11H2,1-4H3,(H,23,25). The molecule has 1 saturated heterocycles. The van der Waals surface area contributed by atoms with E-state index >= 15 is 0 Å². The van der Waals surface area contributed by atoms with Gasteiger partial charge in [-0.05, 0) is 51.8 Å². The second kappa shape index (κ2) is 7.13. The minimum Gasteiger partial charge on any atom is -0.444 e. The highest BCUT2D eigenvalue weighted by Crippen LogP contribution is 2.33. The topological polar surface area (TPSA) is 84.4 Å². The first-order valence-electron chi connectivity index (χ1n) is 9.16. The number of hydrogen-bond donors (Lipinski definition) is 1. The zero-order valence-electron chi connectivity index (χ0n) is 16.3. The average Bonchev–Trinajstić information content (AvgIpc) is 2.60. The number of fused-ring (bicyclic) bond motifs is 1. The van der Waals surface area contributed by atoms with Crippen molar-refractivity contribution in [2.45, 2.75) is 46.1 Å². The van der Waals surface area contributed by atoms with E-state index in [2.05, 4.69) is 15.3 Å². The monoisotopic (exact) mass is 370 g/mol. The summed E-state index contributed by atoms with van der Waals surface area (Å²) < 4.78 is 5.41. The van der Waals surface area contributed by atoms with Gasteiger partial charge in [0.2, 0.25) is 5.91 Å². The van der Waals surface area contributed by atoms with Crippen LogP contribution in [-0.4, -0.2) is 45.6 Å². The molecule has 2 amide bonds. The highest BCUT2D eigenvalue weighted by molar-refractivity contribution is 5.96. The van der Waals surface area contributed by atoms with Crippen LogP contribution in [0.1, 0.15) is 40.5 Å². The average molecular weight is 370 g/mol. The van der Waals surface area contributed by atoms with E-state index in [1.807, 2.05) is 45.9 Å². The number of nitrogens with one attached hydrogen (secondary N) is 1. The highest BCUT2D eigenvalue weighted by atomic mass is 16.6. The molecule has 144 valence electrons. The third-order valence-corrected chi connectivity index (χ3v) is 4.78. The molecule has 1 aliphatic rings. The summed E-state index contributed by atoms with van der Waals surface area (Å²) in [5, 5.41) is 2.95. The molecular weight excluding hydrogens is 344 g/mol. The van der Waals surface area contributed by atoms with Crippen molar-refractivity contribution in [2.75, 3.05) is 18.4 Å². The molecule has 1 fully saturated rings. The largest absolute Gasteiger partial charge is 0.444 e. The number of pyridine rings is 2. The van der Waals surface area contributed by atoms with Gasteiger partial charge in [-0.15, -0.1) is 0 Å². The molecule has 7 nitrogen and oxygen atoms in total. The minimum absolute atomic E-state index is 0.0663. The number of nitrogens with zero attached hydrogens (tertiary/aromatic N) is 3. The molecule has 27 heavy (non-hydrogen) atoms. The maximum atomic E-state index is 12.8. The summed E-state index contributed by atoms with van der Waals surface area (Å²) in [5.41, 5.74) is 1.08. The molecule has 2 aromatic heterocycles. The Morgan fingerprint density at radius 2 is 1.89 bits per heavy atom. The second-order valence-electron chi connectivity index (χ2n) is 8.25. The maximum absolute atomic E-state index is 12.8. The van der Waals surface area contributed by atoms with Gasteiger partial charge in [0.05, 0.1) is 28.3 Å². The summed E-state index contributed by atoms with van der Waals surface area (Å²) in [7, 11) is 0. The van der Waals surface area contributed by atoms with Crippen molar-refractivity contribution in [1.82, 2.24) is 14.9 Å². The summed E-state index contributed by atoms with van der Waals surface area (Å²) >= 11 is 0. The summed E-state index contributed by atoms with van der Waals surface area (Å²) in [6.07, 6.45) is 4.17. The van der Waals surface area contributed by atoms with Crippen LogP contribution in [-0.2, 0) is 9.53 Å². The van der Waals surface area contributed by atoms with Crippen LogP contribution in [0, 0.1) is 5.41 Å². The van der Waals surface area contributed by atoms with Crippen molar-refractivity contribution >= 4 is 28.7 Å². The van der Waals surface area contributed by atoms with E-state index in [4.69, 9.17) is 4.74 Å². The lowest BCUT2D eigenvalue weighted by Gasteiger charge is -2.38. The number of anilines is 1. The molecule has 0 saturated carbocycles. The lowest BCUT2D eigenvalue weighted by molar-refractivity contribution is -0.127. The van der Waals surface area contributed by atoms with Gasteiger partial charge in [-0.1, -0.05) is 6.92 Å². The summed E-state index contributed by atoms with van der Waals surface area (Å²) in [4.78, 5) is 35.3. The molecular formula is C20H26N4O3. The molecule has 1 N–H and O–H groups in total. The molecule has 0 atom stereocenters. The van der Waals surface area contributed by atoms with Gasteiger partial charge >= 0.3 is 6.09 Å². The van der Waals surface area contributed by atoms with Crippen LogP contribution >= 0.6 is 0 Å². The number of carbonyl (C=O) groups is 2. The number of carbonyl (C=O) groups excluding carboxylic acids is 2. The second-order valence-corrected chi connectivity index (χ2v) is 8.25. The molecule has 2 aromatic rings. The smallest absolute Gasteiger partial charge is 0.410 e. The van der Waals surface area contributed by atoms with Gasteiger partial charge in [0.15, 0.2) is 0 Å². The molecule has 1 aliphatic heterocycles. The fourth-order valence-electron chi connectivity index (χ4n) is 3.04. The predicted molar refractivity (Wildman–Crippen MR) is 103 cm³/mol. The molecule has 0 spiro atoms. The Kier molecular flexibility index (Phi) is 5.04.